The van der Waals surface area contributed by atoms with Crippen molar-refractivity contribution in [3.05, 3.63) is 54.1 Å². The summed E-state index contributed by atoms with van der Waals surface area (Å²) in [6.07, 6.45) is 0.187. The van der Waals surface area contributed by atoms with Gasteiger partial charge in [0.2, 0.25) is 0 Å². The van der Waals surface area contributed by atoms with Crippen LogP contribution < -0.4 is 4.74 Å². The summed E-state index contributed by atoms with van der Waals surface area (Å²) in [4.78, 5) is 0. The first-order valence-electron chi connectivity index (χ1n) is 6.96. The number of hydrogen-bond acceptors (Lipinski definition) is 2. The van der Waals surface area contributed by atoms with Crippen LogP contribution in [0.1, 0.15) is 33.3 Å². The van der Waals surface area contributed by atoms with E-state index >= 15 is 0 Å². The van der Waals surface area contributed by atoms with Gasteiger partial charge in [0.15, 0.2) is 0 Å². The Balaban J connectivity index is 2.19. The summed E-state index contributed by atoms with van der Waals surface area (Å²) in [5.74, 6) is 0.886. The lowest BCUT2D eigenvalue weighted by atomic mass is 9.95. The first-order chi connectivity index (χ1) is 9.36. The fourth-order valence-corrected chi connectivity index (χ4v) is 2.07. The molecule has 0 bridgehead atoms. The molecule has 106 valence electrons. The second-order valence-electron chi connectivity index (χ2n) is 5.83. The highest BCUT2D eigenvalue weighted by molar-refractivity contribution is 5.64. The normalized spacial score (nSPS) is 11.7. The second kappa shape index (κ2) is 5.68. The van der Waals surface area contributed by atoms with Crippen molar-refractivity contribution >= 4 is 0 Å². The molecule has 2 aromatic carbocycles. The van der Waals surface area contributed by atoms with Gasteiger partial charge < -0.3 is 9.84 Å². The van der Waals surface area contributed by atoms with Gasteiger partial charge in [-0.05, 0) is 56.5 Å². The molecule has 2 rings (SSSR count). The third kappa shape index (κ3) is 3.61. The van der Waals surface area contributed by atoms with Gasteiger partial charge in [-0.1, -0.05) is 36.4 Å². The molecule has 0 spiro atoms. The Hall–Kier alpha value is -1.80. The molecule has 0 aliphatic carbocycles. The van der Waals surface area contributed by atoms with E-state index in [0.29, 0.717) is 0 Å². The average molecular weight is 270 g/mol. The van der Waals surface area contributed by atoms with Gasteiger partial charge >= 0.3 is 0 Å². The van der Waals surface area contributed by atoms with Crippen LogP contribution in [0.15, 0.2) is 48.5 Å². The van der Waals surface area contributed by atoms with E-state index in [9.17, 15) is 5.11 Å². The molecule has 0 saturated carbocycles. The maximum Gasteiger partial charge on any atom is 0.119 e. The molecular formula is C18H22O2. The summed E-state index contributed by atoms with van der Waals surface area (Å²) in [5, 5.41) is 9.95. The molecule has 0 fully saturated rings. The molecule has 2 nitrogen and oxygen atoms in total. The zero-order chi connectivity index (χ0) is 14.8. The van der Waals surface area contributed by atoms with Crippen LogP contribution in [0.2, 0.25) is 0 Å². The molecule has 1 N–H and O–H groups in total. The van der Waals surface area contributed by atoms with Crippen molar-refractivity contribution in [3.63, 3.8) is 0 Å². The predicted octanol–water partition coefficient (Wildman–Crippen LogP) is 4.37. The van der Waals surface area contributed by atoms with Crippen LogP contribution in [-0.4, -0.2) is 11.2 Å². The molecule has 0 amide bonds. The Morgan fingerprint density at radius 1 is 0.850 bits per heavy atom. The van der Waals surface area contributed by atoms with Crippen LogP contribution in [0, 0.1) is 0 Å². The Labute approximate surface area is 121 Å². The molecule has 2 aromatic rings. The van der Waals surface area contributed by atoms with Crippen molar-refractivity contribution in [2.75, 3.05) is 0 Å². The molecular weight excluding hydrogens is 248 g/mol. The van der Waals surface area contributed by atoms with Crippen LogP contribution in [0.3, 0.4) is 0 Å². The molecule has 2 heteroatoms. The van der Waals surface area contributed by atoms with Crippen molar-refractivity contribution < 1.29 is 9.84 Å². The molecule has 0 aliphatic rings. The fraction of sp³-hybridized carbons (Fsp3) is 0.333. The number of rotatable bonds is 4. The standard InChI is InChI=1S/C18H22O2/c1-13(2)20-17-11-7-15(8-12-17)14-5-9-16(10-6-14)18(3,4)19/h5-13,19H,1-4H3. The lowest BCUT2D eigenvalue weighted by Gasteiger charge is -2.18. The zero-order valence-corrected chi connectivity index (χ0v) is 12.6. The number of hydrogen-bond donors (Lipinski definition) is 1. The topological polar surface area (TPSA) is 29.5 Å². The van der Waals surface area contributed by atoms with Crippen molar-refractivity contribution in [2.24, 2.45) is 0 Å². The van der Waals surface area contributed by atoms with E-state index in [1.54, 1.807) is 13.8 Å². The Morgan fingerprint density at radius 3 is 1.70 bits per heavy atom. The summed E-state index contributed by atoms with van der Waals surface area (Å²) in [7, 11) is 0. The Kier molecular flexibility index (Phi) is 4.15. The minimum Gasteiger partial charge on any atom is -0.491 e. The highest BCUT2D eigenvalue weighted by Crippen LogP contribution is 2.26. The smallest absolute Gasteiger partial charge is 0.119 e. The average Bonchev–Trinajstić information content (AvgIpc) is 2.38. The number of aliphatic hydroxyl groups is 1. The zero-order valence-electron chi connectivity index (χ0n) is 12.6. The van der Waals surface area contributed by atoms with Gasteiger partial charge in [-0.2, -0.15) is 0 Å². The largest absolute Gasteiger partial charge is 0.491 e. The summed E-state index contributed by atoms with van der Waals surface area (Å²) < 4.78 is 5.64. The summed E-state index contributed by atoms with van der Waals surface area (Å²) in [6, 6.07) is 16.1. The van der Waals surface area contributed by atoms with E-state index in [0.717, 1.165) is 22.4 Å². The first kappa shape index (κ1) is 14.6. The van der Waals surface area contributed by atoms with E-state index in [1.165, 1.54) is 0 Å². The fourth-order valence-electron chi connectivity index (χ4n) is 2.07. The van der Waals surface area contributed by atoms with E-state index in [4.69, 9.17) is 4.74 Å². The number of benzene rings is 2. The first-order valence-corrected chi connectivity index (χ1v) is 6.96. The van der Waals surface area contributed by atoms with Crippen molar-refractivity contribution in [1.82, 2.24) is 0 Å². The van der Waals surface area contributed by atoms with E-state index < -0.39 is 5.60 Å². The molecule has 0 heterocycles. The second-order valence-corrected chi connectivity index (χ2v) is 5.83. The van der Waals surface area contributed by atoms with E-state index in [-0.39, 0.29) is 6.10 Å². The predicted molar refractivity (Wildman–Crippen MR) is 82.9 cm³/mol. The maximum atomic E-state index is 9.95. The van der Waals surface area contributed by atoms with Gasteiger partial charge in [0.1, 0.15) is 5.75 Å². The van der Waals surface area contributed by atoms with Gasteiger partial charge in [0.05, 0.1) is 11.7 Å². The number of ether oxygens (including phenoxy) is 1. The molecule has 0 radical (unpaired) electrons. The highest BCUT2D eigenvalue weighted by Gasteiger charge is 2.15. The minimum absolute atomic E-state index is 0.187. The Morgan fingerprint density at radius 2 is 1.30 bits per heavy atom. The summed E-state index contributed by atoms with van der Waals surface area (Å²) in [5.41, 5.74) is 2.39. The van der Waals surface area contributed by atoms with Crippen LogP contribution in [0.5, 0.6) is 5.75 Å². The van der Waals surface area contributed by atoms with Gasteiger partial charge in [0.25, 0.3) is 0 Å². The van der Waals surface area contributed by atoms with Crippen LogP contribution in [0.25, 0.3) is 11.1 Å². The third-order valence-electron chi connectivity index (χ3n) is 3.15. The van der Waals surface area contributed by atoms with E-state index in [2.05, 4.69) is 12.1 Å². The van der Waals surface area contributed by atoms with E-state index in [1.807, 2.05) is 50.2 Å². The molecule has 0 unspecified atom stereocenters. The highest BCUT2D eigenvalue weighted by atomic mass is 16.5. The third-order valence-corrected chi connectivity index (χ3v) is 3.15. The molecule has 0 saturated heterocycles. The lowest BCUT2D eigenvalue weighted by molar-refractivity contribution is 0.0786. The van der Waals surface area contributed by atoms with Gasteiger partial charge in [-0.15, -0.1) is 0 Å². The monoisotopic (exact) mass is 270 g/mol. The minimum atomic E-state index is -0.798. The quantitative estimate of drug-likeness (QED) is 0.894. The van der Waals surface area contributed by atoms with Crippen molar-refractivity contribution in [1.29, 1.82) is 0 Å². The molecule has 20 heavy (non-hydrogen) atoms. The maximum absolute atomic E-state index is 9.95. The molecule has 0 atom stereocenters. The lowest BCUT2D eigenvalue weighted by Crippen LogP contribution is -2.14. The van der Waals surface area contributed by atoms with Crippen LogP contribution >= 0.6 is 0 Å². The Bertz CT molecular complexity index is 545. The van der Waals surface area contributed by atoms with Gasteiger partial charge in [0, 0.05) is 0 Å². The molecule has 0 aliphatic heterocycles. The van der Waals surface area contributed by atoms with Gasteiger partial charge in [-0.3, -0.25) is 0 Å². The van der Waals surface area contributed by atoms with Gasteiger partial charge in [-0.25, -0.2) is 0 Å². The SMILES string of the molecule is CC(C)Oc1ccc(-c2ccc(C(C)(C)O)cc2)cc1. The van der Waals surface area contributed by atoms with Crippen LogP contribution in [-0.2, 0) is 5.60 Å². The summed E-state index contributed by atoms with van der Waals surface area (Å²) >= 11 is 0. The van der Waals surface area contributed by atoms with Crippen molar-refractivity contribution in [2.45, 2.75) is 39.4 Å². The molecule has 0 aromatic heterocycles. The van der Waals surface area contributed by atoms with Crippen molar-refractivity contribution in [3.8, 4) is 16.9 Å². The van der Waals surface area contributed by atoms with Crippen LogP contribution in [0.4, 0.5) is 0 Å². The summed E-state index contributed by atoms with van der Waals surface area (Å²) in [6.45, 7) is 7.62.